The van der Waals surface area contributed by atoms with Gasteiger partial charge in [0.2, 0.25) is 0 Å². The quantitative estimate of drug-likeness (QED) is 0.864. The SMILES string of the molecule is CCOC(=O)C1=C(C)N(C)C(=O)N[C@H]1c1ccsc1. The van der Waals surface area contributed by atoms with E-state index in [0.717, 1.165) is 5.56 Å². The van der Waals surface area contributed by atoms with Crippen LogP contribution in [0.25, 0.3) is 0 Å². The van der Waals surface area contributed by atoms with Crippen molar-refractivity contribution >= 4 is 23.3 Å². The van der Waals surface area contributed by atoms with E-state index in [9.17, 15) is 9.59 Å². The number of carbonyl (C=O) groups excluding carboxylic acids is 2. The fourth-order valence-electron chi connectivity index (χ4n) is 2.00. The molecule has 5 nitrogen and oxygen atoms in total. The summed E-state index contributed by atoms with van der Waals surface area (Å²) in [6, 6.07) is 1.24. The maximum Gasteiger partial charge on any atom is 0.338 e. The second-order valence-electron chi connectivity index (χ2n) is 4.22. The molecule has 1 aliphatic rings. The molecule has 2 heterocycles. The molecule has 2 rings (SSSR count). The molecule has 1 aliphatic heterocycles. The summed E-state index contributed by atoms with van der Waals surface area (Å²) in [6.07, 6.45) is 0. The summed E-state index contributed by atoms with van der Waals surface area (Å²) in [5, 5.41) is 6.66. The van der Waals surface area contributed by atoms with Crippen LogP contribution >= 0.6 is 11.3 Å². The van der Waals surface area contributed by atoms with Crippen molar-refractivity contribution < 1.29 is 14.3 Å². The summed E-state index contributed by atoms with van der Waals surface area (Å²) in [5.41, 5.74) is 2.01. The van der Waals surface area contributed by atoms with E-state index in [0.29, 0.717) is 17.9 Å². The highest BCUT2D eigenvalue weighted by atomic mass is 32.1. The fourth-order valence-corrected chi connectivity index (χ4v) is 2.68. The van der Waals surface area contributed by atoms with Crippen LogP contribution in [0.15, 0.2) is 28.1 Å². The zero-order chi connectivity index (χ0) is 14.0. The van der Waals surface area contributed by atoms with Gasteiger partial charge in [-0.1, -0.05) is 0 Å². The van der Waals surface area contributed by atoms with Crippen LogP contribution in [-0.4, -0.2) is 30.6 Å². The van der Waals surface area contributed by atoms with Crippen LogP contribution in [0.2, 0.25) is 0 Å². The molecule has 19 heavy (non-hydrogen) atoms. The van der Waals surface area contributed by atoms with Gasteiger partial charge in [0.15, 0.2) is 0 Å². The number of hydrogen-bond acceptors (Lipinski definition) is 4. The molecule has 1 N–H and O–H groups in total. The van der Waals surface area contributed by atoms with Gasteiger partial charge in [0.25, 0.3) is 0 Å². The monoisotopic (exact) mass is 280 g/mol. The molecule has 102 valence electrons. The van der Waals surface area contributed by atoms with Crippen molar-refractivity contribution in [3.8, 4) is 0 Å². The van der Waals surface area contributed by atoms with E-state index in [1.54, 1.807) is 20.9 Å². The van der Waals surface area contributed by atoms with Crippen molar-refractivity contribution in [1.82, 2.24) is 10.2 Å². The molecule has 2 amide bonds. The Kier molecular flexibility index (Phi) is 3.90. The van der Waals surface area contributed by atoms with E-state index in [2.05, 4.69) is 5.32 Å². The topological polar surface area (TPSA) is 58.6 Å². The Morgan fingerprint density at radius 1 is 1.58 bits per heavy atom. The van der Waals surface area contributed by atoms with Crippen molar-refractivity contribution in [2.24, 2.45) is 0 Å². The largest absolute Gasteiger partial charge is 0.463 e. The van der Waals surface area contributed by atoms with Crippen molar-refractivity contribution in [2.75, 3.05) is 13.7 Å². The van der Waals surface area contributed by atoms with Crippen molar-refractivity contribution in [2.45, 2.75) is 19.9 Å². The van der Waals surface area contributed by atoms with Gasteiger partial charge in [0.05, 0.1) is 18.2 Å². The number of hydrogen-bond donors (Lipinski definition) is 1. The zero-order valence-corrected chi connectivity index (χ0v) is 11.9. The molecule has 0 saturated heterocycles. The molecule has 1 aromatic rings. The van der Waals surface area contributed by atoms with E-state index < -0.39 is 6.04 Å². The van der Waals surface area contributed by atoms with Gasteiger partial charge in [-0.2, -0.15) is 11.3 Å². The fraction of sp³-hybridized carbons (Fsp3) is 0.385. The van der Waals surface area contributed by atoms with E-state index in [1.807, 2.05) is 16.8 Å². The summed E-state index contributed by atoms with van der Waals surface area (Å²) in [4.78, 5) is 25.4. The summed E-state index contributed by atoms with van der Waals surface area (Å²) < 4.78 is 5.09. The maximum absolute atomic E-state index is 12.1. The number of ether oxygens (including phenoxy) is 1. The zero-order valence-electron chi connectivity index (χ0n) is 11.1. The number of esters is 1. The normalized spacial score (nSPS) is 19.4. The minimum absolute atomic E-state index is 0.221. The number of carbonyl (C=O) groups is 2. The van der Waals surface area contributed by atoms with Crippen molar-refractivity contribution in [3.63, 3.8) is 0 Å². The highest BCUT2D eigenvalue weighted by Gasteiger charge is 2.34. The number of amides is 2. The lowest BCUT2D eigenvalue weighted by molar-refractivity contribution is -0.139. The average molecular weight is 280 g/mol. The maximum atomic E-state index is 12.1. The van der Waals surface area contributed by atoms with Gasteiger partial charge in [-0.25, -0.2) is 9.59 Å². The lowest BCUT2D eigenvalue weighted by Gasteiger charge is -2.32. The Balaban J connectivity index is 2.45. The predicted molar refractivity (Wildman–Crippen MR) is 72.7 cm³/mol. The predicted octanol–water partition coefficient (Wildman–Crippen LogP) is 2.28. The Morgan fingerprint density at radius 2 is 2.32 bits per heavy atom. The summed E-state index contributed by atoms with van der Waals surface area (Å²) in [7, 11) is 1.63. The van der Waals surface area contributed by atoms with Gasteiger partial charge in [0, 0.05) is 12.7 Å². The van der Waals surface area contributed by atoms with Gasteiger partial charge in [-0.15, -0.1) is 0 Å². The van der Waals surface area contributed by atoms with E-state index in [-0.39, 0.29) is 12.0 Å². The number of nitrogens with zero attached hydrogens (tertiary/aromatic N) is 1. The first-order valence-electron chi connectivity index (χ1n) is 6.00. The molecule has 0 fully saturated rings. The first kappa shape index (κ1) is 13.6. The minimum atomic E-state index is -0.436. The smallest absolute Gasteiger partial charge is 0.338 e. The third kappa shape index (κ3) is 2.49. The molecule has 0 bridgehead atoms. The lowest BCUT2D eigenvalue weighted by Crippen LogP contribution is -2.46. The molecule has 1 aromatic heterocycles. The first-order valence-corrected chi connectivity index (χ1v) is 6.94. The Labute approximate surface area is 115 Å². The van der Waals surface area contributed by atoms with Crippen LogP contribution in [-0.2, 0) is 9.53 Å². The summed E-state index contributed by atoms with van der Waals surface area (Å²) >= 11 is 1.52. The van der Waals surface area contributed by atoms with E-state index >= 15 is 0 Å². The van der Waals surface area contributed by atoms with Gasteiger partial charge >= 0.3 is 12.0 Å². The molecule has 0 spiro atoms. The van der Waals surface area contributed by atoms with Crippen LogP contribution in [0.3, 0.4) is 0 Å². The molecule has 0 radical (unpaired) electrons. The van der Waals surface area contributed by atoms with Crippen molar-refractivity contribution in [3.05, 3.63) is 33.7 Å². The van der Waals surface area contributed by atoms with Crippen LogP contribution in [0.5, 0.6) is 0 Å². The molecule has 0 aliphatic carbocycles. The molecular weight excluding hydrogens is 264 g/mol. The van der Waals surface area contributed by atoms with Crippen LogP contribution in [0.1, 0.15) is 25.5 Å². The summed E-state index contributed by atoms with van der Waals surface area (Å²) in [6.45, 7) is 3.83. The van der Waals surface area contributed by atoms with Crippen LogP contribution in [0.4, 0.5) is 4.79 Å². The first-order chi connectivity index (χ1) is 9.06. The Morgan fingerprint density at radius 3 is 2.89 bits per heavy atom. The number of urea groups is 1. The molecule has 0 saturated carbocycles. The van der Waals surface area contributed by atoms with Gasteiger partial charge in [0.1, 0.15) is 0 Å². The molecule has 1 atom stereocenters. The van der Waals surface area contributed by atoms with Crippen LogP contribution in [0, 0.1) is 0 Å². The average Bonchev–Trinajstić information content (AvgIpc) is 2.89. The van der Waals surface area contributed by atoms with Crippen molar-refractivity contribution in [1.29, 1.82) is 0 Å². The number of allylic oxidation sites excluding steroid dienone is 1. The minimum Gasteiger partial charge on any atom is -0.463 e. The lowest BCUT2D eigenvalue weighted by atomic mass is 9.97. The second-order valence-corrected chi connectivity index (χ2v) is 5.00. The Bertz CT molecular complexity index is 522. The van der Waals surface area contributed by atoms with Crippen LogP contribution < -0.4 is 5.32 Å². The highest BCUT2D eigenvalue weighted by Crippen LogP contribution is 2.31. The molecule has 6 heteroatoms. The second kappa shape index (κ2) is 5.44. The third-order valence-corrected chi connectivity index (χ3v) is 3.83. The van der Waals surface area contributed by atoms with E-state index in [4.69, 9.17) is 4.74 Å². The van der Waals surface area contributed by atoms with E-state index in [1.165, 1.54) is 16.2 Å². The number of thiophene rings is 1. The third-order valence-electron chi connectivity index (χ3n) is 3.13. The highest BCUT2D eigenvalue weighted by molar-refractivity contribution is 7.08. The number of rotatable bonds is 3. The van der Waals surface area contributed by atoms with Gasteiger partial charge in [-0.3, -0.25) is 0 Å². The molecule has 0 unspecified atom stereocenters. The van der Waals surface area contributed by atoms with Gasteiger partial charge < -0.3 is 15.0 Å². The molecular formula is C13H16N2O3S. The standard InChI is InChI=1S/C13H16N2O3S/c1-4-18-12(16)10-8(2)15(3)13(17)14-11(10)9-5-6-19-7-9/h5-7,11H,4H2,1-3H3,(H,14,17)/t11-/m0/s1. The van der Waals surface area contributed by atoms with Gasteiger partial charge in [-0.05, 0) is 36.2 Å². The molecule has 0 aromatic carbocycles. The number of nitrogens with one attached hydrogen (secondary N) is 1. The Hall–Kier alpha value is -1.82. The summed E-state index contributed by atoms with van der Waals surface area (Å²) in [5.74, 6) is -0.386.